The summed E-state index contributed by atoms with van der Waals surface area (Å²) in [4.78, 5) is -0.112. The van der Waals surface area contributed by atoms with Crippen LogP contribution in [0.5, 0.6) is 5.75 Å². The number of hydrogen-bond donors (Lipinski definition) is 0. The van der Waals surface area contributed by atoms with Gasteiger partial charge in [-0.1, -0.05) is 30.4 Å². The van der Waals surface area contributed by atoms with Crippen LogP contribution in [0.25, 0.3) is 6.08 Å². The van der Waals surface area contributed by atoms with Crippen LogP contribution in [0, 0.1) is 11.3 Å². The van der Waals surface area contributed by atoms with Gasteiger partial charge in [0.1, 0.15) is 6.07 Å². The third-order valence-electron chi connectivity index (χ3n) is 3.92. The molecule has 7 nitrogen and oxygen atoms in total. The topological polar surface area (TPSA) is 105 Å². The van der Waals surface area contributed by atoms with E-state index >= 15 is 0 Å². The fourth-order valence-electron chi connectivity index (χ4n) is 2.64. The fraction of sp³-hybridized carbons (Fsp3) is 0.118. The molecule has 1 aliphatic rings. The van der Waals surface area contributed by atoms with Crippen LogP contribution in [0.4, 0.5) is 18.9 Å². The van der Waals surface area contributed by atoms with Gasteiger partial charge in [0.05, 0.1) is 22.7 Å². The minimum Gasteiger partial charge on any atom is -0.375 e. The minimum absolute atomic E-state index is 0.112. The summed E-state index contributed by atoms with van der Waals surface area (Å²) in [5, 5.41) is 9.37. The van der Waals surface area contributed by atoms with Crippen molar-refractivity contribution in [2.75, 3.05) is 10.8 Å². The highest BCUT2D eigenvalue weighted by Crippen LogP contribution is 2.40. The van der Waals surface area contributed by atoms with Gasteiger partial charge in [0.2, 0.25) is 0 Å². The molecule has 0 fully saturated rings. The lowest BCUT2D eigenvalue weighted by molar-refractivity contribution is -0.0500. The maximum Gasteiger partial charge on any atom is 0.534 e. The Morgan fingerprint density at radius 3 is 2.28 bits per heavy atom. The molecule has 0 bridgehead atoms. The van der Waals surface area contributed by atoms with E-state index in [1.807, 2.05) is 0 Å². The number of rotatable bonds is 4. The number of benzene rings is 2. The summed E-state index contributed by atoms with van der Waals surface area (Å²) < 4.78 is 91.9. The van der Waals surface area contributed by atoms with Gasteiger partial charge in [-0.05, 0) is 24.3 Å². The van der Waals surface area contributed by atoms with E-state index in [-0.39, 0.29) is 28.3 Å². The van der Waals surface area contributed by atoms with E-state index in [1.165, 1.54) is 36.4 Å². The Kier molecular flexibility index (Phi) is 5.06. The summed E-state index contributed by atoms with van der Waals surface area (Å²) in [6, 6.07) is 10.8. The Labute approximate surface area is 164 Å². The van der Waals surface area contributed by atoms with Crippen molar-refractivity contribution in [3.63, 3.8) is 0 Å². The van der Waals surface area contributed by atoms with E-state index in [0.717, 1.165) is 16.4 Å². The first kappa shape index (κ1) is 20.7. The predicted molar refractivity (Wildman–Crippen MR) is 96.8 cm³/mol. The first-order valence-corrected chi connectivity index (χ1v) is 10.7. The average molecular weight is 444 g/mol. The molecule has 0 saturated heterocycles. The molecule has 0 aliphatic carbocycles. The maximum atomic E-state index is 13.0. The molecule has 12 heteroatoms. The van der Waals surface area contributed by atoms with Gasteiger partial charge < -0.3 is 4.18 Å². The van der Waals surface area contributed by atoms with E-state index in [4.69, 9.17) is 0 Å². The van der Waals surface area contributed by atoms with Crippen LogP contribution in [-0.4, -0.2) is 28.9 Å². The third-order valence-corrected chi connectivity index (χ3v) is 6.66. The van der Waals surface area contributed by atoms with Gasteiger partial charge >= 0.3 is 15.6 Å². The summed E-state index contributed by atoms with van der Waals surface area (Å²) in [5.74, 6) is -0.750. The zero-order chi connectivity index (χ0) is 21.4. The van der Waals surface area contributed by atoms with Crippen LogP contribution in [0.1, 0.15) is 11.1 Å². The molecule has 2 aromatic rings. The van der Waals surface area contributed by atoms with E-state index in [0.29, 0.717) is 0 Å². The minimum atomic E-state index is -5.99. The van der Waals surface area contributed by atoms with Gasteiger partial charge in [0, 0.05) is 5.56 Å². The van der Waals surface area contributed by atoms with Crippen LogP contribution in [0.2, 0.25) is 0 Å². The molecule has 0 N–H and O–H groups in total. The molecule has 152 valence electrons. The number of fused-ring (bicyclic) bond motifs is 1. The van der Waals surface area contributed by atoms with Gasteiger partial charge in [-0.15, -0.1) is 0 Å². The zero-order valence-corrected chi connectivity index (χ0v) is 15.9. The first-order chi connectivity index (χ1) is 13.5. The van der Waals surface area contributed by atoms with Crippen molar-refractivity contribution in [1.29, 1.82) is 5.26 Å². The Morgan fingerprint density at radius 1 is 1.03 bits per heavy atom. The Bertz CT molecular complexity index is 1230. The lowest BCUT2D eigenvalue weighted by atomic mass is 10.0. The van der Waals surface area contributed by atoms with E-state index in [9.17, 15) is 35.3 Å². The number of halogens is 3. The molecule has 0 saturated carbocycles. The van der Waals surface area contributed by atoms with Gasteiger partial charge in [-0.25, -0.2) is 8.42 Å². The van der Waals surface area contributed by atoms with Crippen LogP contribution >= 0.6 is 0 Å². The molecule has 0 aromatic heterocycles. The molecule has 2 aromatic carbocycles. The van der Waals surface area contributed by atoms with E-state index in [2.05, 4.69) is 4.18 Å². The highest BCUT2D eigenvalue weighted by atomic mass is 32.2. The molecule has 0 atom stereocenters. The second kappa shape index (κ2) is 7.09. The number of nitriles is 1. The summed E-state index contributed by atoms with van der Waals surface area (Å²) in [6.07, 6.45) is 2.51. The van der Waals surface area contributed by atoms with Crippen LogP contribution in [-0.2, 0) is 20.1 Å². The molecule has 0 amide bonds. The lowest BCUT2D eigenvalue weighted by Gasteiger charge is -2.29. The average Bonchev–Trinajstić information content (AvgIpc) is 2.67. The smallest absolute Gasteiger partial charge is 0.375 e. The summed E-state index contributed by atoms with van der Waals surface area (Å²) in [7, 11) is -10.2. The molecule has 0 radical (unpaired) electrons. The Morgan fingerprint density at radius 2 is 1.69 bits per heavy atom. The van der Waals surface area contributed by atoms with Crippen LogP contribution < -0.4 is 8.49 Å². The highest BCUT2D eigenvalue weighted by molar-refractivity contribution is 7.92. The van der Waals surface area contributed by atoms with Gasteiger partial charge in [-0.3, -0.25) is 4.31 Å². The molecule has 1 aliphatic heterocycles. The highest BCUT2D eigenvalue weighted by Gasteiger charge is 2.49. The normalized spacial score (nSPS) is 14.2. The third kappa shape index (κ3) is 3.66. The Hall–Kier alpha value is -3.04. The molecule has 3 rings (SSSR count). The van der Waals surface area contributed by atoms with E-state index < -0.39 is 31.4 Å². The van der Waals surface area contributed by atoms with E-state index in [1.54, 1.807) is 12.1 Å². The summed E-state index contributed by atoms with van der Waals surface area (Å²) in [5.41, 5.74) is -6.40. The number of anilines is 1. The zero-order valence-electron chi connectivity index (χ0n) is 14.3. The number of hydrogen-bond acceptors (Lipinski definition) is 6. The first-order valence-electron chi connectivity index (χ1n) is 7.81. The molecule has 0 spiro atoms. The van der Waals surface area contributed by atoms with Gasteiger partial charge in [0.25, 0.3) is 10.0 Å². The largest absolute Gasteiger partial charge is 0.534 e. The van der Waals surface area contributed by atoms with Gasteiger partial charge in [-0.2, -0.15) is 26.9 Å². The maximum absolute atomic E-state index is 13.0. The summed E-state index contributed by atoms with van der Waals surface area (Å²) in [6.45, 7) is -0.214. The molecular weight excluding hydrogens is 433 g/mol. The quantitative estimate of drug-likeness (QED) is 0.530. The molecule has 29 heavy (non-hydrogen) atoms. The number of sulfonamides is 1. The standard InChI is InChI=1S/C17H11F3N2O5S2/c18-17(19,20)29(25,26)27-15-9-8-12(11-21)16-14(15)7-4-10-22(16)28(23,24)13-5-2-1-3-6-13/h1-9H,10H2. The Balaban J connectivity index is 2.20. The fourth-order valence-corrected chi connectivity index (χ4v) is 4.59. The van der Waals surface area contributed by atoms with Gasteiger partial charge in [0.15, 0.2) is 5.75 Å². The SMILES string of the molecule is N#Cc1ccc(OS(=O)(=O)C(F)(F)F)c2c1N(S(=O)(=O)c1ccccc1)CC=C2. The van der Waals surface area contributed by atoms with Crippen molar-refractivity contribution >= 4 is 31.9 Å². The molecule has 1 heterocycles. The van der Waals surface area contributed by atoms with Crippen molar-refractivity contribution in [2.45, 2.75) is 10.4 Å². The number of alkyl halides is 3. The van der Waals surface area contributed by atoms with Crippen LogP contribution in [0.3, 0.4) is 0 Å². The number of nitrogens with zero attached hydrogens (tertiary/aromatic N) is 2. The molecule has 0 unspecified atom stereocenters. The summed E-state index contributed by atoms with van der Waals surface area (Å²) >= 11 is 0. The second-order valence-corrected chi connectivity index (χ2v) is 9.12. The second-order valence-electron chi connectivity index (χ2n) is 5.72. The predicted octanol–water partition coefficient (Wildman–Crippen LogP) is 3.01. The van der Waals surface area contributed by atoms with Crippen molar-refractivity contribution in [1.82, 2.24) is 0 Å². The van der Waals surface area contributed by atoms with Crippen molar-refractivity contribution in [3.8, 4) is 11.8 Å². The molecular formula is C17H11F3N2O5S2. The monoisotopic (exact) mass is 444 g/mol. The van der Waals surface area contributed by atoms with Crippen LogP contribution in [0.15, 0.2) is 53.4 Å². The van der Waals surface area contributed by atoms with Crippen molar-refractivity contribution in [3.05, 3.63) is 59.7 Å². The van der Waals surface area contributed by atoms with Crippen molar-refractivity contribution in [2.24, 2.45) is 0 Å². The lowest BCUT2D eigenvalue weighted by Crippen LogP contribution is -2.34. The van der Waals surface area contributed by atoms with Crippen molar-refractivity contribution < 1.29 is 34.2 Å².